The Bertz CT molecular complexity index is 927. The lowest BCUT2D eigenvalue weighted by molar-refractivity contribution is -0.0879. The van der Waals surface area contributed by atoms with Crippen molar-refractivity contribution in [3.05, 3.63) is 45.0 Å². The van der Waals surface area contributed by atoms with Crippen molar-refractivity contribution in [2.75, 3.05) is 6.61 Å². The predicted octanol–water partition coefficient (Wildman–Crippen LogP) is 2.66. The fraction of sp³-hybridized carbons (Fsp3) is 0.632. The molecule has 29 heavy (non-hydrogen) atoms. The van der Waals surface area contributed by atoms with Crippen molar-refractivity contribution >= 4 is 8.32 Å². The molecule has 1 aliphatic heterocycles. The van der Waals surface area contributed by atoms with Gasteiger partial charge in [0.15, 0.2) is 14.0 Å². The number of ether oxygens (including phenoxy) is 2. The molecule has 10 heteroatoms. The average Bonchev–Trinajstić information content (AvgIpc) is 2.94. The zero-order chi connectivity index (χ0) is 22.0. The van der Waals surface area contributed by atoms with E-state index >= 15 is 0 Å². The molecule has 1 N–H and O–H groups in total. The van der Waals surface area contributed by atoms with Crippen molar-refractivity contribution in [2.45, 2.75) is 70.2 Å². The first-order valence-corrected chi connectivity index (χ1v) is 12.3. The number of aryl methyl sites for hydroxylation is 1. The molecule has 0 amide bonds. The zero-order valence-corrected chi connectivity index (χ0v) is 18.6. The van der Waals surface area contributed by atoms with Crippen LogP contribution in [0.25, 0.3) is 0 Å². The number of hydrogen-bond donors (Lipinski definition) is 1. The third kappa shape index (κ3) is 4.68. The van der Waals surface area contributed by atoms with Crippen LogP contribution in [0.5, 0.6) is 0 Å². The Morgan fingerprint density at radius 2 is 2.14 bits per heavy atom. The van der Waals surface area contributed by atoms with E-state index in [9.17, 15) is 14.0 Å². The van der Waals surface area contributed by atoms with Crippen LogP contribution in [0.2, 0.25) is 18.1 Å². The Morgan fingerprint density at radius 1 is 1.48 bits per heavy atom. The van der Waals surface area contributed by atoms with Crippen LogP contribution in [-0.2, 0) is 19.6 Å². The van der Waals surface area contributed by atoms with Crippen molar-refractivity contribution in [2.24, 2.45) is 0 Å². The number of halogens is 1. The van der Waals surface area contributed by atoms with E-state index < -0.39 is 37.5 Å². The summed E-state index contributed by atoms with van der Waals surface area (Å²) >= 11 is 0. The summed E-state index contributed by atoms with van der Waals surface area (Å²) in [5.74, 6) is 0. The van der Waals surface area contributed by atoms with Crippen molar-refractivity contribution in [1.29, 1.82) is 5.26 Å². The highest BCUT2D eigenvalue weighted by Crippen LogP contribution is 2.40. The first kappa shape index (κ1) is 23.1. The molecule has 1 aromatic heterocycles. The monoisotopic (exact) mass is 425 g/mol. The molecular weight excluding hydrogens is 397 g/mol. The molecule has 2 rings (SSSR count). The van der Waals surface area contributed by atoms with E-state index in [0.29, 0.717) is 0 Å². The molecule has 0 spiro atoms. The number of aromatic amines is 1. The van der Waals surface area contributed by atoms with Gasteiger partial charge in [-0.05, 0) is 31.1 Å². The molecule has 0 unspecified atom stereocenters. The fourth-order valence-electron chi connectivity index (χ4n) is 2.93. The van der Waals surface area contributed by atoms with Gasteiger partial charge in [0.1, 0.15) is 12.2 Å². The fourth-order valence-corrected chi connectivity index (χ4v) is 3.94. The lowest BCUT2D eigenvalue weighted by Crippen LogP contribution is -2.45. The van der Waals surface area contributed by atoms with Crippen LogP contribution in [0, 0.1) is 18.4 Å². The highest BCUT2D eigenvalue weighted by molar-refractivity contribution is 6.74. The third-order valence-corrected chi connectivity index (χ3v) is 10.2. The maximum atomic E-state index is 13.3. The molecular formula is C19H28FN3O5Si. The predicted molar refractivity (Wildman–Crippen MR) is 107 cm³/mol. The number of rotatable bonds is 6. The molecule has 3 atom stereocenters. The lowest BCUT2D eigenvalue weighted by atomic mass is 10.1. The molecule has 0 saturated carbocycles. The molecule has 8 nitrogen and oxygen atoms in total. The summed E-state index contributed by atoms with van der Waals surface area (Å²) < 4.78 is 31.8. The van der Waals surface area contributed by atoms with E-state index in [4.69, 9.17) is 19.2 Å². The molecule has 1 saturated heterocycles. The second-order valence-corrected chi connectivity index (χ2v) is 13.6. The number of nitriles is 1. The van der Waals surface area contributed by atoms with Gasteiger partial charge in [-0.2, -0.15) is 5.26 Å². The van der Waals surface area contributed by atoms with Crippen LogP contribution in [0.3, 0.4) is 0 Å². The Labute approximate surface area is 170 Å². The Kier molecular flexibility index (Phi) is 6.57. The summed E-state index contributed by atoms with van der Waals surface area (Å²) in [7, 11) is -2.12. The van der Waals surface area contributed by atoms with Gasteiger partial charge >= 0.3 is 5.69 Å². The number of nitrogens with one attached hydrogen (secondary N) is 1. The van der Waals surface area contributed by atoms with E-state index in [2.05, 4.69) is 38.8 Å². The van der Waals surface area contributed by atoms with Gasteiger partial charge in [0, 0.05) is 18.2 Å². The van der Waals surface area contributed by atoms with Crippen molar-refractivity contribution in [3.8, 4) is 6.26 Å². The minimum absolute atomic E-state index is 0.00208. The van der Waals surface area contributed by atoms with E-state index in [1.165, 1.54) is 13.1 Å². The van der Waals surface area contributed by atoms with Gasteiger partial charge in [-0.1, -0.05) is 20.8 Å². The van der Waals surface area contributed by atoms with Gasteiger partial charge in [0.25, 0.3) is 11.8 Å². The van der Waals surface area contributed by atoms with Gasteiger partial charge < -0.3 is 13.9 Å². The highest BCUT2D eigenvalue weighted by Gasteiger charge is 2.50. The summed E-state index contributed by atoms with van der Waals surface area (Å²) in [5, 5.41) is 9.00. The summed E-state index contributed by atoms with van der Waals surface area (Å²) in [5.41, 5.74) is -2.57. The maximum Gasteiger partial charge on any atom is 0.330 e. The molecule has 0 aromatic carbocycles. The molecule has 0 bridgehead atoms. The highest BCUT2D eigenvalue weighted by atomic mass is 28.4. The van der Waals surface area contributed by atoms with Crippen LogP contribution in [-0.4, -0.2) is 36.7 Å². The number of aromatic nitrogens is 2. The molecule has 0 aliphatic carbocycles. The van der Waals surface area contributed by atoms with Crippen molar-refractivity contribution in [1.82, 2.24) is 9.55 Å². The van der Waals surface area contributed by atoms with E-state index in [0.717, 1.165) is 10.6 Å². The van der Waals surface area contributed by atoms with Gasteiger partial charge in [-0.3, -0.25) is 14.3 Å². The lowest BCUT2D eigenvalue weighted by Gasteiger charge is -2.37. The van der Waals surface area contributed by atoms with Crippen molar-refractivity contribution < 1.29 is 18.3 Å². The standard InChI is InChI=1S/C19H28FN3O5Si/c1-13-10-23(17(25)22-16(13)24)19(7-8-20)9-14(26-12-21)15(28-19)11-27-29(5,6)18(2,3)4/h7-8,10,14-15H,9,11H2,1-6H3,(H,22,24,25)/t14-,15+,19+/m0/s1. The molecule has 2 heterocycles. The largest absolute Gasteiger partial charge is 0.421 e. The zero-order valence-electron chi connectivity index (χ0n) is 17.6. The van der Waals surface area contributed by atoms with Gasteiger partial charge in [0.05, 0.1) is 12.9 Å². The van der Waals surface area contributed by atoms with Crippen molar-refractivity contribution in [3.63, 3.8) is 0 Å². The summed E-state index contributed by atoms with van der Waals surface area (Å²) in [6, 6.07) is 0. The molecule has 0 radical (unpaired) electrons. The third-order valence-electron chi connectivity index (χ3n) is 5.73. The van der Waals surface area contributed by atoms with Gasteiger partial charge in [0.2, 0.25) is 0 Å². The maximum absolute atomic E-state index is 13.3. The number of hydrogen-bond acceptors (Lipinski definition) is 6. The molecule has 1 aromatic rings. The number of H-pyrrole nitrogens is 1. The van der Waals surface area contributed by atoms with Crippen LogP contribution in [0.1, 0.15) is 32.8 Å². The first-order valence-electron chi connectivity index (χ1n) is 9.34. The van der Waals surface area contributed by atoms with E-state index in [1.807, 2.05) is 0 Å². The second kappa shape index (κ2) is 8.26. The average molecular weight is 426 g/mol. The normalized spacial score (nSPS) is 25.3. The topological polar surface area (TPSA) is 106 Å². The van der Waals surface area contributed by atoms with Crippen LogP contribution < -0.4 is 11.2 Å². The summed E-state index contributed by atoms with van der Waals surface area (Å²) in [6.07, 6.45) is 2.84. The Morgan fingerprint density at radius 3 is 2.69 bits per heavy atom. The summed E-state index contributed by atoms with van der Waals surface area (Å²) in [6.45, 7) is 12.1. The minimum Gasteiger partial charge on any atom is -0.421 e. The first-order chi connectivity index (χ1) is 13.4. The van der Waals surface area contributed by atoms with Gasteiger partial charge in [-0.25, -0.2) is 9.18 Å². The van der Waals surface area contributed by atoms with E-state index in [-0.39, 0.29) is 30.0 Å². The molecule has 1 fully saturated rings. The minimum atomic E-state index is -2.12. The summed E-state index contributed by atoms with van der Waals surface area (Å²) in [4.78, 5) is 26.3. The smallest absolute Gasteiger partial charge is 0.330 e. The van der Waals surface area contributed by atoms with Gasteiger partial charge in [-0.15, -0.1) is 0 Å². The quantitative estimate of drug-likeness (QED) is 0.555. The van der Waals surface area contributed by atoms with Crippen LogP contribution in [0.4, 0.5) is 4.39 Å². The second-order valence-electron chi connectivity index (χ2n) is 8.76. The van der Waals surface area contributed by atoms with E-state index in [1.54, 1.807) is 6.26 Å². The SMILES string of the molecule is Cc1cn([C@@]2(C=CF)C[C@H](OC#N)[C@@H](CO[Si](C)(C)C(C)(C)C)O2)c(=O)[nH]c1=O. The number of nitrogens with zero attached hydrogens (tertiary/aromatic N) is 2. The molecule has 160 valence electrons. The Balaban J connectivity index is 2.42. The molecule has 1 aliphatic rings. The Hall–Kier alpha value is -2.22. The van der Waals surface area contributed by atoms with Crippen LogP contribution >= 0.6 is 0 Å². The van der Waals surface area contributed by atoms with Crippen LogP contribution in [0.15, 0.2) is 28.2 Å².